The van der Waals surface area contributed by atoms with Crippen LogP contribution in [0.2, 0.25) is 0 Å². The number of nitrogens with zero attached hydrogens (tertiary/aromatic N) is 3. The van der Waals surface area contributed by atoms with Gasteiger partial charge in [0.2, 0.25) is 5.89 Å². The number of anilines is 1. The number of ether oxygens (including phenoxy) is 1. The number of hydrogen-bond acceptors (Lipinski definition) is 7. The zero-order valence-corrected chi connectivity index (χ0v) is 14.8. The molecule has 0 saturated heterocycles. The lowest BCUT2D eigenvalue weighted by atomic mass is 9.97. The largest absolute Gasteiger partial charge is 0.486 e. The van der Waals surface area contributed by atoms with E-state index in [1.54, 1.807) is 13.3 Å². The van der Waals surface area contributed by atoms with Crippen LogP contribution < -0.4 is 15.4 Å². The quantitative estimate of drug-likeness (QED) is 0.857. The highest BCUT2D eigenvalue weighted by Gasteiger charge is 2.41. The number of nitrogens with one attached hydrogen (secondary N) is 2. The number of carbonyl (C=O) groups excluding carboxylic acids is 1. The minimum absolute atomic E-state index is 0.154. The van der Waals surface area contributed by atoms with Gasteiger partial charge in [0.25, 0.3) is 0 Å². The van der Waals surface area contributed by atoms with Crippen molar-refractivity contribution in [1.82, 2.24) is 20.4 Å². The Labute approximate surface area is 144 Å². The predicted octanol–water partition coefficient (Wildman–Crippen LogP) is 3.25. The van der Waals surface area contributed by atoms with Gasteiger partial charge in [-0.15, -0.1) is 0 Å². The average molecular weight is 351 g/mol. The summed E-state index contributed by atoms with van der Waals surface area (Å²) in [5.74, 6) is 1.29. The van der Waals surface area contributed by atoms with Gasteiger partial charge < -0.3 is 14.6 Å². The molecule has 0 aromatic carbocycles. The van der Waals surface area contributed by atoms with Gasteiger partial charge in [-0.2, -0.15) is 4.98 Å². The van der Waals surface area contributed by atoms with Gasteiger partial charge in [-0.1, -0.05) is 43.2 Å². The van der Waals surface area contributed by atoms with Crippen molar-refractivity contribution in [3.63, 3.8) is 0 Å². The van der Waals surface area contributed by atoms with Gasteiger partial charge in [-0.25, -0.2) is 9.78 Å². The fourth-order valence-electron chi connectivity index (χ4n) is 2.80. The lowest BCUT2D eigenvalue weighted by Gasteiger charge is -2.26. The maximum Gasteiger partial charge on any atom is 0.321 e. The van der Waals surface area contributed by atoms with E-state index >= 15 is 0 Å². The maximum absolute atomic E-state index is 12.4. The zero-order valence-electron chi connectivity index (χ0n) is 14.0. The normalized spacial score (nSPS) is 16.3. The Hall–Kier alpha value is -2.16. The Balaban J connectivity index is 1.74. The van der Waals surface area contributed by atoms with Crippen molar-refractivity contribution in [3.8, 4) is 5.06 Å². The van der Waals surface area contributed by atoms with Gasteiger partial charge in [0.05, 0.1) is 13.3 Å². The Morgan fingerprint density at radius 3 is 2.75 bits per heavy atom. The molecule has 9 heteroatoms. The summed E-state index contributed by atoms with van der Waals surface area (Å²) in [6, 6.07) is -0.329. The Morgan fingerprint density at radius 1 is 1.42 bits per heavy atom. The summed E-state index contributed by atoms with van der Waals surface area (Å²) >= 11 is 1.27. The molecule has 1 aliphatic rings. The van der Waals surface area contributed by atoms with Crippen molar-refractivity contribution in [3.05, 3.63) is 17.9 Å². The molecule has 0 spiro atoms. The highest BCUT2D eigenvalue weighted by molar-refractivity contribution is 7.17. The fraction of sp³-hybridized carbons (Fsp3) is 0.600. The van der Waals surface area contributed by atoms with Crippen LogP contribution in [0, 0.1) is 0 Å². The number of rotatable bonds is 5. The molecule has 0 unspecified atom stereocenters. The number of carbonyl (C=O) groups is 1. The van der Waals surface area contributed by atoms with Crippen molar-refractivity contribution in [2.24, 2.45) is 0 Å². The zero-order chi connectivity index (χ0) is 17.2. The average Bonchev–Trinajstić information content (AvgIpc) is 3.27. The van der Waals surface area contributed by atoms with E-state index in [-0.39, 0.29) is 11.9 Å². The van der Waals surface area contributed by atoms with E-state index in [0.29, 0.717) is 21.9 Å². The summed E-state index contributed by atoms with van der Waals surface area (Å²) in [6.07, 6.45) is 5.17. The number of hydrogen-bond donors (Lipinski definition) is 2. The minimum atomic E-state index is -0.581. The van der Waals surface area contributed by atoms with Gasteiger partial charge in [-0.3, -0.25) is 5.32 Å². The second-order valence-corrected chi connectivity index (χ2v) is 7.16. The van der Waals surface area contributed by atoms with Crippen LogP contribution in [0.15, 0.2) is 10.7 Å². The molecular weight excluding hydrogens is 330 g/mol. The van der Waals surface area contributed by atoms with E-state index in [4.69, 9.17) is 9.26 Å². The number of urea groups is 1. The third-order valence-corrected chi connectivity index (χ3v) is 4.95. The van der Waals surface area contributed by atoms with E-state index in [2.05, 4.69) is 25.8 Å². The summed E-state index contributed by atoms with van der Waals surface area (Å²) < 4.78 is 10.4. The van der Waals surface area contributed by atoms with Crippen molar-refractivity contribution in [1.29, 1.82) is 0 Å². The van der Waals surface area contributed by atoms with E-state index in [0.717, 1.165) is 25.7 Å². The molecule has 2 aromatic heterocycles. The van der Waals surface area contributed by atoms with Crippen molar-refractivity contribution in [2.75, 3.05) is 12.4 Å². The summed E-state index contributed by atoms with van der Waals surface area (Å²) in [6.45, 7) is 3.99. The lowest BCUT2D eigenvalue weighted by Crippen LogP contribution is -2.46. The molecule has 0 atom stereocenters. The molecule has 2 amide bonds. The number of aromatic nitrogens is 3. The Kier molecular flexibility index (Phi) is 4.70. The van der Waals surface area contributed by atoms with Gasteiger partial charge in [0.1, 0.15) is 5.54 Å². The van der Waals surface area contributed by atoms with Gasteiger partial charge in [-0.05, 0) is 12.8 Å². The maximum atomic E-state index is 12.4. The molecule has 2 aromatic rings. The monoisotopic (exact) mass is 351 g/mol. The van der Waals surface area contributed by atoms with Crippen LogP contribution in [0.4, 0.5) is 9.93 Å². The number of methoxy groups -OCH3 is 1. The van der Waals surface area contributed by atoms with Gasteiger partial charge in [0, 0.05) is 5.92 Å². The molecule has 3 rings (SSSR count). The SMILES string of the molecule is COc1cnc(NC(=O)NC2(c3noc(C(C)C)n3)CCCC2)s1. The molecule has 1 saturated carbocycles. The molecule has 0 radical (unpaired) electrons. The topological polar surface area (TPSA) is 102 Å². The van der Waals surface area contributed by atoms with E-state index in [9.17, 15) is 4.79 Å². The van der Waals surface area contributed by atoms with E-state index in [1.165, 1.54) is 11.3 Å². The third-order valence-electron chi connectivity index (χ3n) is 4.08. The molecule has 2 heterocycles. The highest BCUT2D eigenvalue weighted by Crippen LogP contribution is 2.38. The summed E-state index contributed by atoms with van der Waals surface area (Å²) in [4.78, 5) is 21.0. The Morgan fingerprint density at radius 2 is 2.17 bits per heavy atom. The van der Waals surface area contributed by atoms with Crippen LogP contribution in [-0.4, -0.2) is 28.3 Å². The smallest absolute Gasteiger partial charge is 0.321 e. The van der Waals surface area contributed by atoms with E-state index in [1.807, 2.05) is 13.8 Å². The molecule has 1 fully saturated rings. The van der Waals surface area contributed by atoms with E-state index < -0.39 is 5.54 Å². The second-order valence-electron chi connectivity index (χ2n) is 6.17. The highest BCUT2D eigenvalue weighted by atomic mass is 32.1. The first-order chi connectivity index (χ1) is 11.5. The van der Waals surface area contributed by atoms with Crippen molar-refractivity contribution in [2.45, 2.75) is 51.0 Å². The molecule has 1 aliphatic carbocycles. The van der Waals surface area contributed by atoms with Crippen molar-refractivity contribution >= 4 is 22.5 Å². The molecular formula is C15H21N5O3S. The summed E-state index contributed by atoms with van der Waals surface area (Å²) in [5, 5.41) is 11.0. The van der Waals surface area contributed by atoms with Crippen LogP contribution in [-0.2, 0) is 5.54 Å². The predicted molar refractivity (Wildman–Crippen MR) is 89.4 cm³/mol. The summed E-state index contributed by atoms with van der Waals surface area (Å²) in [7, 11) is 1.56. The van der Waals surface area contributed by atoms with Crippen LogP contribution in [0.3, 0.4) is 0 Å². The molecule has 130 valence electrons. The summed E-state index contributed by atoms with van der Waals surface area (Å²) in [5.41, 5.74) is -0.581. The first-order valence-corrected chi connectivity index (χ1v) is 8.77. The van der Waals surface area contributed by atoms with Crippen LogP contribution >= 0.6 is 11.3 Å². The minimum Gasteiger partial charge on any atom is -0.486 e. The van der Waals surface area contributed by atoms with Crippen LogP contribution in [0.25, 0.3) is 0 Å². The first kappa shape index (κ1) is 16.7. The van der Waals surface area contributed by atoms with Crippen molar-refractivity contribution < 1.29 is 14.1 Å². The van der Waals surface area contributed by atoms with Crippen LogP contribution in [0.1, 0.15) is 57.2 Å². The molecule has 2 N–H and O–H groups in total. The molecule has 8 nitrogen and oxygen atoms in total. The third kappa shape index (κ3) is 3.35. The fourth-order valence-corrected chi connectivity index (χ4v) is 3.43. The number of amides is 2. The lowest BCUT2D eigenvalue weighted by molar-refractivity contribution is 0.232. The number of thiazole rings is 1. The Bertz CT molecular complexity index is 706. The standard InChI is InChI=1S/C15H21N5O3S/c1-9(2)11-17-12(20-23-11)15(6-4-5-7-15)19-13(21)18-14-16-8-10(22-3)24-14/h8-9H,4-7H2,1-3H3,(H2,16,18,19,21). The van der Waals surface area contributed by atoms with Gasteiger partial charge >= 0.3 is 6.03 Å². The van der Waals surface area contributed by atoms with Gasteiger partial charge in [0.15, 0.2) is 16.0 Å². The second kappa shape index (κ2) is 6.76. The van der Waals surface area contributed by atoms with Crippen LogP contribution in [0.5, 0.6) is 5.06 Å². The molecule has 0 aliphatic heterocycles. The molecule has 0 bridgehead atoms. The first-order valence-electron chi connectivity index (χ1n) is 7.95. The molecule has 24 heavy (non-hydrogen) atoms.